The fraction of sp³-hybridized carbons (Fsp3) is 0.706. The summed E-state index contributed by atoms with van der Waals surface area (Å²) in [6, 6.07) is 0. The standard InChI is InChI=1S/C17H26N4O4/c1-16(2,3)6-11(22)18-12-13(23-4)19-15(20-14(12)24-5)21-7-17(8-21)9-25-10-17/h6-10H2,1-5H3,(H,18,22). The fourth-order valence-electron chi connectivity index (χ4n) is 3.10. The third-order valence-corrected chi connectivity index (χ3v) is 4.32. The zero-order valence-electron chi connectivity index (χ0n) is 15.5. The number of aromatic nitrogens is 2. The van der Waals surface area contributed by atoms with Crippen molar-refractivity contribution in [2.45, 2.75) is 27.2 Å². The lowest BCUT2D eigenvalue weighted by atomic mass is 9.78. The molecule has 3 heterocycles. The first-order chi connectivity index (χ1) is 11.8. The minimum Gasteiger partial charge on any atom is -0.479 e. The molecule has 0 aliphatic carbocycles. The van der Waals surface area contributed by atoms with Crippen molar-refractivity contribution in [2.75, 3.05) is 50.7 Å². The van der Waals surface area contributed by atoms with Crippen molar-refractivity contribution in [1.82, 2.24) is 9.97 Å². The lowest BCUT2D eigenvalue weighted by Gasteiger charge is -2.54. The molecule has 0 aromatic carbocycles. The first-order valence-electron chi connectivity index (χ1n) is 8.38. The minimum absolute atomic E-state index is 0.123. The number of hydrogen-bond donors (Lipinski definition) is 1. The van der Waals surface area contributed by atoms with Crippen LogP contribution in [0.1, 0.15) is 27.2 Å². The van der Waals surface area contributed by atoms with Gasteiger partial charge in [-0.3, -0.25) is 4.79 Å². The molecule has 2 aliphatic rings. The van der Waals surface area contributed by atoms with E-state index in [4.69, 9.17) is 14.2 Å². The fourth-order valence-corrected chi connectivity index (χ4v) is 3.10. The molecule has 0 radical (unpaired) electrons. The van der Waals surface area contributed by atoms with Gasteiger partial charge in [0.1, 0.15) is 0 Å². The average molecular weight is 350 g/mol. The lowest BCUT2D eigenvalue weighted by Crippen LogP contribution is -2.66. The van der Waals surface area contributed by atoms with Crippen LogP contribution < -0.4 is 19.7 Å². The molecular formula is C17H26N4O4. The minimum atomic E-state index is -0.130. The van der Waals surface area contributed by atoms with Crippen molar-refractivity contribution in [3.05, 3.63) is 0 Å². The van der Waals surface area contributed by atoms with Gasteiger partial charge in [0.15, 0.2) is 5.69 Å². The second-order valence-electron chi connectivity index (χ2n) is 8.05. The van der Waals surface area contributed by atoms with Gasteiger partial charge in [-0.15, -0.1) is 0 Å². The van der Waals surface area contributed by atoms with E-state index in [-0.39, 0.29) is 16.7 Å². The first kappa shape index (κ1) is 17.7. The topological polar surface area (TPSA) is 85.8 Å². The maximum absolute atomic E-state index is 12.3. The van der Waals surface area contributed by atoms with Crippen molar-refractivity contribution in [3.63, 3.8) is 0 Å². The van der Waals surface area contributed by atoms with Gasteiger partial charge >= 0.3 is 0 Å². The second-order valence-corrected chi connectivity index (χ2v) is 8.05. The lowest BCUT2D eigenvalue weighted by molar-refractivity contribution is -0.127. The molecule has 0 unspecified atom stereocenters. The highest BCUT2D eigenvalue weighted by atomic mass is 16.5. The summed E-state index contributed by atoms with van der Waals surface area (Å²) >= 11 is 0. The Morgan fingerprint density at radius 3 is 2.16 bits per heavy atom. The highest BCUT2D eigenvalue weighted by Gasteiger charge is 2.50. The average Bonchev–Trinajstić information content (AvgIpc) is 2.43. The summed E-state index contributed by atoms with van der Waals surface area (Å²) in [5, 5.41) is 2.83. The number of methoxy groups -OCH3 is 2. The van der Waals surface area contributed by atoms with Gasteiger partial charge in [-0.25, -0.2) is 0 Å². The van der Waals surface area contributed by atoms with Crippen LogP contribution in [-0.2, 0) is 9.53 Å². The van der Waals surface area contributed by atoms with Crippen LogP contribution in [0, 0.1) is 10.8 Å². The highest BCUT2D eigenvalue weighted by molar-refractivity contribution is 5.93. The number of ether oxygens (including phenoxy) is 3. The normalized spacial score (nSPS) is 18.4. The number of carbonyl (C=O) groups excluding carboxylic acids is 1. The molecule has 2 fully saturated rings. The predicted octanol–water partition coefficient (Wildman–Crippen LogP) is 1.71. The van der Waals surface area contributed by atoms with Gasteiger partial charge in [0.2, 0.25) is 23.6 Å². The summed E-state index contributed by atoms with van der Waals surface area (Å²) in [7, 11) is 3.03. The van der Waals surface area contributed by atoms with Crippen LogP contribution in [0.4, 0.5) is 11.6 Å². The van der Waals surface area contributed by atoms with Crippen LogP contribution in [0.3, 0.4) is 0 Å². The van der Waals surface area contributed by atoms with Crippen molar-refractivity contribution in [2.24, 2.45) is 10.8 Å². The third-order valence-electron chi connectivity index (χ3n) is 4.32. The summed E-state index contributed by atoms with van der Waals surface area (Å²) in [5.41, 5.74) is 0.496. The summed E-state index contributed by atoms with van der Waals surface area (Å²) in [6.45, 7) is 9.31. The molecule has 3 rings (SSSR count). The maximum atomic E-state index is 12.3. The van der Waals surface area contributed by atoms with Crippen molar-refractivity contribution < 1.29 is 19.0 Å². The summed E-state index contributed by atoms with van der Waals surface area (Å²) in [4.78, 5) is 23.2. The van der Waals surface area contributed by atoms with Crippen molar-refractivity contribution in [3.8, 4) is 11.8 Å². The number of amides is 1. The van der Waals surface area contributed by atoms with Crippen LogP contribution in [0.5, 0.6) is 11.8 Å². The zero-order valence-corrected chi connectivity index (χ0v) is 15.5. The van der Waals surface area contributed by atoms with E-state index in [1.165, 1.54) is 14.2 Å². The SMILES string of the molecule is COc1nc(N2CC3(COC3)C2)nc(OC)c1NC(=O)CC(C)(C)C. The molecule has 8 heteroatoms. The zero-order chi connectivity index (χ0) is 18.2. The Morgan fingerprint density at radius 1 is 1.20 bits per heavy atom. The van der Waals surface area contributed by atoms with Gasteiger partial charge in [0.05, 0.1) is 32.8 Å². The first-order valence-corrected chi connectivity index (χ1v) is 8.38. The van der Waals surface area contributed by atoms with Gasteiger partial charge in [-0.05, 0) is 5.41 Å². The number of hydrogen-bond acceptors (Lipinski definition) is 7. The van der Waals surface area contributed by atoms with Gasteiger partial charge < -0.3 is 24.4 Å². The van der Waals surface area contributed by atoms with Crippen LogP contribution >= 0.6 is 0 Å². The Hall–Kier alpha value is -2.09. The molecule has 1 spiro atoms. The summed E-state index contributed by atoms with van der Waals surface area (Å²) < 4.78 is 16.0. The molecule has 0 atom stereocenters. The highest BCUT2D eigenvalue weighted by Crippen LogP contribution is 2.41. The quantitative estimate of drug-likeness (QED) is 0.865. The number of nitrogens with zero attached hydrogens (tertiary/aromatic N) is 3. The Morgan fingerprint density at radius 2 is 1.76 bits per heavy atom. The number of rotatable bonds is 5. The van der Waals surface area contributed by atoms with Crippen molar-refractivity contribution in [1.29, 1.82) is 0 Å². The van der Waals surface area contributed by atoms with Crippen molar-refractivity contribution >= 4 is 17.5 Å². The van der Waals surface area contributed by atoms with Gasteiger partial charge in [0, 0.05) is 19.5 Å². The summed E-state index contributed by atoms with van der Waals surface area (Å²) in [5.74, 6) is 1.01. The van der Waals surface area contributed by atoms with E-state index in [0.29, 0.717) is 29.8 Å². The van der Waals surface area contributed by atoms with Crippen LogP contribution in [0.2, 0.25) is 0 Å². The molecule has 0 saturated carbocycles. The molecule has 1 amide bonds. The number of nitrogens with one attached hydrogen (secondary N) is 1. The Balaban J connectivity index is 1.79. The molecule has 1 aromatic rings. The smallest absolute Gasteiger partial charge is 0.246 e. The van der Waals surface area contributed by atoms with Gasteiger partial charge in [0.25, 0.3) is 0 Å². The van der Waals surface area contributed by atoms with Gasteiger partial charge in [-0.1, -0.05) is 20.8 Å². The monoisotopic (exact) mass is 350 g/mol. The van der Waals surface area contributed by atoms with E-state index >= 15 is 0 Å². The Kier molecular flexibility index (Phi) is 4.49. The molecule has 8 nitrogen and oxygen atoms in total. The largest absolute Gasteiger partial charge is 0.479 e. The molecule has 0 bridgehead atoms. The van der Waals surface area contributed by atoms with E-state index < -0.39 is 0 Å². The van der Waals surface area contributed by atoms with Gasteiger partial charge in [-0.2, -0.15) is 9.97 Å². The number of carbonyl (C=O) groups is 1. The molecule has 2 saturated heterocycles. The number of anilines is 2. The molecule has 2 aliphatic heterocycles. The van der Waals surface area contributed by atoms with E-state index in [1.807, 2.05) is 20.8 Å². The maximum Gasteiger partial charge on any atom is 0.246 e. The van der Waals surface area contributed by atoms with E-state index in [2.05, 4.69) is 20.2 Å². The molecule has 1 N–H and O–H groups in total. The van der Waals surface area contributed by atoms with E-state index in [0.717, 1.165) is 26.3 Å². The summed E-state index contributed by atoms with van der Waals surface area (Å²) in [6.07, 6.45) is 0.371. The molecule has 25 heavy (non-hydrogen) atoms. The second kappa shape index (κ2) is 6.33. The van der Waals surface area contributed by atoms with E-state index in [9.17, 15) is 4.79 Å². The molecule has 138 valence electrons. The molecule has 1 aromatic heterocycles. The Labute approximate surface area is 147 Å². The Bertz CT molecular complexity index is 634. The van der Waals surface area contributed by atoms with Crippen LogP contribution in [0.25, 0.3) is 0 Å². The predicted molar refractivity (Wildman–Crippen MR) is 93.3 cm³/mol. The third kappa shape index (κ3) is 3.63. The van der Waals surface area contributed by atoms with Crippen LogP contribution in [0.15, 0.2) is 0 Å². The van der Waals surface area contributed by atoms with Crippen LogP contribution in [-0.4, -0.2) is 56.4 Å². The molecular weight excluding hydrogens is 324 g/mol. The van der Waals surface area contributed by atoms with E-state index in [1.54, 1.807) is 0 Å².